The van der Waals surface area contributed by atoms with E-state index in [1.165, 1.54) is 31.2 Å². The second-order valence-corrected chi connectivity index (χ2v) is 8.66. The molecule has 31 heavy (non-hydrogen) atoms. The third-order valence-electron chi connectivity index (χ3n) is 6.37. The zero-order valence-corrected chi connectivity index (χ0v) is 17.4. The number of aryl methyl sites for hydroxylation is 2. The molecule has 2 nitrogen and oxygen atoms in total. The lowest BCUT2D eigenvalue weighted by Gasteiger charge is -2.14. The van der Waals surface area contributed by atoms with Crippen molar-refractivity contribution in [2.75, 3.05) is 0 Å². The minimum Gasteiger partial charge on any atom is -0.461 e. The molecular formula is C26H24F3NO. The smallest absolute Gasteiger partial charge is 0.389 e. The first-order valence-corrected chi connectivity index (χ1v) is 10.9. The average molecular weight is 423 g/mol. The number of aromatic nitrogens is 1. The van der Waals surface area contributed by atoms with Crippen molar-refractivity contribution in [3.63, 3.8) is 0 Å². The zero-order chi connectivity index (χ0) is 21.6. The fraction of sp³-hybridized carbons (Fsp3) is 0.346. The molecule has 2 heterocycles. The maximum Gasteiger partial charge on any atom is 0.389 e. The van der Waals surface area contributed by atoms with Gasteiger partial charge in [-0.2, -0.15) is 13.2 Å². The molecule has 2 aromatic heterocycles. The van der Waals surface area contributed by atoms with E-state index in [0.29, 0.717) is 11.5 Å². The predicted octanol–water partition coefficient (Wildman–Crippen LogP) is 8.11. The van der Waals surface area contributed by atoms with Crippen LogP contribution in [0.3, 0.4) is 0 Å². The molecule has 0 N–H and O–H groups in total. The van der Waals surface area contributed by atoms with Crippen molar-refractivity contribution in [3.05, 3.63) is 65.5 Å². The van der Waals surface area contributed by atoms with Gasteiger partial charge >= 0.3 is 6.18 Å². The molecule has 0 atom stereocenters. The Morgan fingerprint density at radius 1 is 1.00 bits per heavy atom. The van der Waals surface area contributed by atoms with Gasteiger partial charge in [0.05, 0.1) is 5.69 Å². The predicted molar refractivity (Wildman–Crippen MR) is 117 cm³/mol. The van der Waals surface area contributed by atoms with Crippen LogP contribution >= 0.6 is 0 Å². The maximum atomic E-state index is 12.6. The van der Waals surface area contributed by atoms with Crippen molar-refractivity contribution in [2.45, 2.75) is 57.5 Å². The van der Waals surface area contributed by atoms with Gasteiger partial charge in [-0.3, -0.25) is 4.98 Å². The molecule has 0 saturated heterocycles. The van der Waals surface area contributed by atoms with Crippen molar-refractivity contribution in [1.82, 2.24) is 4.98 Å². The Labute approximate surface area is 179 Å². The quantitative estimate of drug-likeness (QED) is 0.331. The van der Waals surface area contributed by atoms with Crippen LogP contribution in [0.4, 0.5) is 13.2 Å². The molecule has 0 bridgehead atoms. The van der Waals surface area contributed by atoms with Gasteiger partial charge in [-0.25, -0.2) is 0 Å². The minimum atomic E-state index is -4.15. The summed E-state index contributed by atoms with van der Waals surface area (Å²) in [7, 11) is 0. The van der Waals surface area contributed by atoms with Crippen molar-refractivity contribution < 1.29 is 17.6 Å². The maximum absolute atomic E-state index is 12.6. The molecule has 5 rings (SSSR count). The van der Waals surface area contributed by atoms with Crippen molar-refractivity contribution >= 4 is 21.7 Å². The van der Waals surface area contributed by atoms with E-state index in [2.05, 4.69) is 23.2 Å². The lowest BCUT2D eigenvalue weighted by atomic mass is 9.92. The van der Waals surface area contributed by atoms with Crippen LogP contribution in [0.15, 0.2) is 53.1 Å². The normalized spacial score (nSPS) is 15.4. The third kappa shape index (κ3) is 4.06. The van der Waals surface area contributed by atoms with Gasteiger partial charge in [-0.05, 0) is 72.9 Å². The lowest BCUT2D eigenvalue weighted by Crippen LogP contribution is -2.08. The van der Waals surface area contributed by atoms with Gasteiger partial charge in [0.2, 0.25) is 0 Å². The summed E-state index contributed by atoms with van der Waals surface area (Å²) in [4.78, 5) is 4.68. The molecule has 0 aliphatic heterocycles. The second kappa shape index (κ2) is 7.70. The number of hydrogen-bond acceptors (Lipinski definition) is 2. The van der Waals surface area contributed by atoms with Crippen LogP contribution in [0.2, 0.25) is 0 Å². The summed E-state index contributed by atoms with van der Waals surface area (Å²) in [6, 6.07) is 13.9. The molecule has 0 radical (unpaired) electrons. The van der Waals surface area contributed by atoms with Gasteiger partial charge < -0.3 is 4.42 Å². The van der Waals surface area contributed by atoms with E-state index in [9.17, 15) is 13.2 Å². The first-order valence-electron chi connectivity index (χ1n) is 10.9. The van der Waals surface area contributed by atoms with E-state index in [4.69, 9.17) is 4.42 Å². The number of nitrogens with zero attached hydrogens (tertiary/aromatic N) is 1. The first-order chi connectivity index (χ1) is 14.9. The fourth-order valence-electron chi connectivity index (χ4n) is 4.86. The molecule has 1 aliphatic rings. The number of fused-ring (bicyclic) bond motifs is 2. The number of hydrogen-bond donors (Lipinski definition) is 0. The summed E-state index contributed by atoms with van der Waals surface area (Å²) in [5.41, 5.74) is 4.60. The lowest BCUT2D eigenvalue weighted by molar-refractivity contribution is -0.133. The van der Waals surface area contributed by atoms with Gasteiger partial charge in [-0.1, -0.05) is 31.0 Å². The highest BCUT2D eigenvalue weighted by Gasteiger charge is 2.26. The van der Waals surface area contributed by atoms with E-state index in [1.54, 1.807) is 12.3 Å². The molecule has 160 valence electrons. The van der Waals surface area contributed by atoms with Crippen molar-refractivity contribution in [2.24, 2.45) is 0 Å². The molecule has 4 aromatic rings. The van der Waals surface area contributed by atoms with E-state index < -0.39 is 12.6 Å². The SMILES string of the molecule is Cc1cc2cc(C3CCCC3)cc(-c3nccc4cc(CCC(F)(F)F)ccc34)c2o1. The molecule has 2 aromatic carbocycles. The molecule has 0 unspecified atom stereocenters. The number of rotatable bonds is 4. The van der Waals surface area contributed by atoms with Gasteiger partial charge in [-0.15, -0.1) is 0 Å². The highest BCUT2D eigenvalue weighted by Crippen LogP contribution is 2.41. The highest BCUT2D eigenvalue weighted by atomic mass is 19.4. The summed E-state index contributed by atoms with van der Waals surface area (Å²) in [6.45, 7) is 1.95. The molecule has 0 amide bonds. The molecule has 5 heteroatoms. The number of furan rings is 1. The number of pyridine rings is 1. The Morgan fingerprint density at radius 2 is 1.81 bits per heavy atom. The van der Waals surface area contributed by atoms with Crippen molar-refractivity contribution in [3.8, 4) is 11.3 Å². The molecular weight excluding hydrogens is 399 g/mol. The fourth-order valence-corrected chi connectivity index (χ4v) is 4.86. The van der Waals surface area contributed by atoms with Gasteiger partial charge in [0.15, 0.2) is 0 Å². The summed E-state index contributed by atoms with van der Waals surface area (Å²) < 4.78 is 44.0. The first kappa shape index (κ1) is 20.1. The molecule has 1 saturated carbocycles. The van der Waals surface area contributed by atoms with Crippen LogP contribution in [0, 0.1) is 6.92 Å². The van der Waals surface area contributed by atoms with Crippen LogP contribution in [-0.4, -0.2) is 11.2 Å². The summed E-state index contributed by atoms with van der Waals surface area (Å²) in [6.07, 6.45) is 1.67. The topological polar surface area (TPSA) is 26.0 Å². The Kier molecular flexibility index (Phi) is 4.99. The van der Waals surface area contributed by atoms with Crippen LogP contribution in [0.5, 0.6) is 0 Å². The van der Waals surface area contributed by atoms with Crippen LogP contribution in [-0.2, 0) is 6.42 Å². The number of alkyl halides is 3. The monoisotopic (exact) mass is 423 g/mol. The third-order valence-corrected chi connectivity index (χ3v) is 6.37. The zero-order valence-electron chi connectivity index (χ0n) is 17.4. The van der Waals surface area contributed by atoms with Crippen LogP contribution in [0.1, 0.15) is 54.9 Å². The Bertz CT molecular complexity index is 1250. The molecule has 1 aliphatic carbocycles. The average Bonchev–Trinajstić information content (AvgIpc) is 3.39. The Morgan fingerprint density at radius 3 is 2.58 bits per heavy atom. The summed E-state index contributed by atoms with van der Waals surface area (Å²) in [5.74, 6) is 1.41. The van der Waals surface area contributed by atoms with Crippen LogP contribution < -0.4 is 0 Å². The highest BCUT2D eigenvalue weighted by molar-refractivity contribution is 6.02. The Hall–Kier alpha value is -2.82. The number of benzene rings is 2. The Balaban J connectivity index is 1.63. The molecule has 1 fully saturated rings. The van der Waals surface area contributed by atoms with E-state index >= 15 is 0 Å². The van der Waals surface area contributed by atoms with E-state index in [1.807, 2.05) is 25.1 Å². The van der Waals surface area contributed by atoms with Gasteiger partial charge in [0, 0.05) is 29.0 Å². The molecule has 0 spiro atoms. The summed E-state index contributed by atoms with van der Waals surface area (Å²) in [5, 5.41) is 2.90. The van der Waals surface area contributed by atoms with Gasteiger partial charge in [0.1, 0.15) is 11.3 Å². The second-order valence-electron chi connectivity index (χ2n) is 8.66. The van der Waals surface area contributed by atoms with Gasteiger partial charge in [0.25, 0.3) is 0 Å². The largest absolute Gasteiger partial charge is 0.461 e. The number of halogens is 3. The van der Waals surface area contributed by atoms with Crippen molar-refractivity contribution in [1.29, 1.82) is 0 Å². The standard InChI is InChI=1S/C26H24F3NO/c1-16-12-21-14-20(18-4-2-3-5-18)15-23(25(21)31-16)24-22-7-6-17(8-10-26(27,28)29)13-19(22)9-11-30-24/h6-7,9,11-15,18H,2-5,8,10H2,1H3. The van der Waals surface area contributed by atoms with E-state index in [-0.39, 0.29) is 6.42 Å². The summed E-state index contributed by atoms with van der Waals surface area (Å²) >= 11 is 0. The van der Waals surface area contributed by atoms with Crippen LogP contribution in [0.25, 0.3) is 33.0 Å². The minimum absolute atomic E-state index is 0.0180. The van der Waals surface area contributed by atoms with E-state index in [0.717, 1.165) is 38.8 Å².